The molecule has 90 valence electrons. The first-order valence-corrected chi connectivity index (χ1v) is 5.45. The lowest BCUT2D eigenvalue weighted by Crippen LogP contribution is -2.22. The van der Waals surface area contributed by atoms with Crippen molar-refractivity contribution < 1.29 is 4.79 Å². The maximum Gasteiger partial charge on any atom is 0.254 e. The van der Waals surface area contributed by atoms with E-state index in [9.17, 15) is 4.79 Å². The van der Waals surface area contributed by atoms with Crippen molar-refractivity contribution in [1.29, 1.82) is 5.26 Å². The Morgan fingerprint density at radius 3 is 2.72 bits per heavy atom. The van der Waals surface area contributed by atoms with Crippen molar-refractivity contribution in [3.63, 3.8) is 0 Å². The molecule has 0 aliphatic carbocycles. The average molecular weight is 240 g/mol. The Morgan fingerprint density at radius 1 is 1.44 bits per heavy atom. The van der Waals surface area contributed by atoms with Gasteiger partial charge in [0, 0.05) is 19.8 Å². The molecule has 18 heavy (non-hydrogen) atoms. The Labute approximate surface area is 105 Å². The van der Waals surface area contributed by atoms with E-state index in [1.165, 1.54) is 6.20 Å². The number of aromatic nitrogens is 2. The third-order valence-corrected chi connectivity index (χ3v) is 2.50. The Kier molecular flexibility index (Phi) is 3.39. The summed E-state index contributed by atoms with van der Waals surface area (Å²) in [6, 6.07) is 9.15. The van der Waals surface area contributed by atoms with Gasteiger partial charge >= 0.3 is 0 Å². The quantitative estimate of drug-likeness (QED) is 0.876. The zero-order valence-electron chi connectivity index (χ0n) is 9.92. The van der Waals surface area contributed by atoms with Gasteiger partial charge in [-0.1, -0.05) is 12.1 Å². The van der Waals surface area contributed by atoms with E-state index in [0.717, 1.165) is 5.56 Å². The highest BCUT2D eigenvalue weighted by Gasteiger charge is 2.06. The number of hydrogen-bond donors (Lipinski definition) is 1. The van der Waals surface area contributed by atoms with Crippen LogP contribution in [0, 0.1) is 11.3 Å². The number of benzene rings is 1. The van der Waals surface area contributed by atoms with Crippen LogP contribution < -0.4 is 5.32 Å². The number of nitrogens with zero attached hydrogens (tertiary/aromatic N) is 3. The van der Waals surface area contributed by atoms with Gasteiger partial charge in [0.05, 0.1) is 23.4 Å². The zero-order valence-corrected chi connectivity index (χ0v) is 9.92. The number of nitrogens with one attached hydrogen (secondary N) is 1. The summed E-state index contributed by atoms with van der Waals surface area (Å²) in [5.41, 5.74) is 2.09. The van der Waals surface area contributed by atoms with Crippen LogP contribution in [0.4, 0.5) is 0 Å². The Hall–Kier alpha value is -2.61. The fraction of sp³-hybridized carbons (Fsp3) is 0.154. The first-order valence-electron chi connectivity index (χ1n) is 5.45. The van der Waals surface area contributed by atoms with E-state index in [0.29, 0.717) is 17.7 Å². The zero-order chi connectivity index (χ0) is 13.0. The standard InChI is InChI=1S/C13H12N4O/c1-17-9-12(8-16-17)13(18)15-7-11-4-2-10(6-14)3-5-11/h2-5,8-9H,7H2,1H3,(H,15,18). The topological polar surface area (TPSA) is 70.7 Å². The largest absolute Gasteiger partial charge is 0.348 e. The molecule has 2 rings (SSSR count). The van der Waals surface area contributed by atoms with Gasteiger partial charge in [0.1, 0.15) is 0 Å². The molecule has 0 unspecified atom stereocenters. The minimum Gasteiger partial charge on any atom is -0.348 e. The molecule has 0 fully saturated rings. The molecule has 0 aliphatic heterocycles. The van der Waals surface area contributed by atoms with Gasteiger partial charge in [-0.15, -0.1) is 0 Å². The Bertz CT molecular complexity index is 592. The second-order valence-electron chi connectivity index (χ2n) is 3.89. The monoisotopic (exact) mass is 240 g/mol. The van der Waals surface area contributed by atoms with Gasteiger partial charge in [0.25, 0.3) is 5.91 Å². The van der Waals surface area contributed by atoms with Gasteiger partial charge in [0.2, 0.25) is 0 Å². The van der Waals surface area contributed by atoms with Crippen LogP contribution in [0.25, 0.3) is 0 Å². The van der Waals surface area contributed by atoms with Crippen LogP contribution in [0.1, 0.15) is 21.5 Å². The third-order valence-electron chi connectivity index (χ3n) is 2.50. The molecule has 0 spiro atoms. The summed E-state index contributed by atoms with van der Waals surface area (Å²) in [7, 11) is 1.76. The van der Waals surface area contributed by atoms with Crippen LogP contribution in [-0.2, 0) is 13.6 Å². The highest BCUT2D eigenvalue weighted by Crippen LogP contribution is 2.03. The molecule has 5 nitrogen and oxygen atoms in total. The minimum absolute atomic E-state index is 0.160. The van der Waals surface area contributed by atoms with Crippen molar-refractivity contribution in [1.82, 2.24) is 15.1 Å². The van der Waals surface area contributed by atoms with E-state index in [4.69, 9.17) is 5.26 Å². The molecule has 1 amide bonds. The van der Waals surface area contributed by atoms with E-state index in [1.54, 1.807) is 30.1 Å². The number of amides is 1. The highest BCUT2D eigenvalue weighted by atomic mass is 16.1. The van der Waals surface area contributed by atoms with Crippen LogP contribution in [-0.4, -0.2) is 15.7 Å². The number of aryl methyl sites for hydroxylation is 1. The smallest absolute Gasteiger partial charge is 0.254 e. The molecule has 0 bridgehead atoms. The van der Waals surface area contributed by atoms with Gasteiger partial charge in [-0.3, -0.25) is 9.48 Å². The second-order valence-corrected chi connectivity index (χ2v) is 3.89. The molecule has 0 radical (unpaired) electrons. The third kappa shape index (κ3) is 2.74. The van der Waals surface area contributed by atoms with Crippen molar-refractivity contribution in [2.24, 2.45) is 7.05 Å². The summed E-state index contributed by atoms with van der Waals surface area (Å²) in [4.78, 5) is 11.7. The van der Waals surface area contributed by atoms with Gasteiger partial charge in [0.15, 0.2) is 0 Å². The normalized spacial score (nSPS) is 9.78. The second kappa shape index (κ2) is 5.15. The van der Waals surface area contributed by atoms with E-state index in [1.807, 2.05) is 18.2 Å². The van der Waals surface area contributed by atoms with E-state index < -0.39 is 0 Å². The number of carbonyl (C=O) groups is 1. The van der Waals surface area contributed by atoms with Gasteiger partial charge in [-0.05, 0) is 17.7 Å². The SMILES string of the molecule is Cn1cc(C(=O)NCc2ccc(C#N)cc2)cn1. The summed E-state index contributed by atoms with van der Waals surface area (Å²) in [6.45, 7) is 0.430. The number of rotatable bonds is 3. The van der Waals surface area contributed by atoms with Crippen LogP contribution in [0.3, 0.4) is 0 Å². The van der Waals surface area contributed by atoms with Crippen LogP contribution in [0.15, 0.2) is 36.7 Å². The summed E-state index contributed by atoms with van der Waals surface area (Å²) >= 11 is 0. The molecule has 1 heterocycles. The first kappa shape index (κ1) is 11.9. The minimum atomic E-state index is -0.160. The fourth-order valence-electron chi connectivity index (χ4n) is 1.52. The van der Waals surface area contributed by atoms with Gasteiger partial charge in [-0.2, -0.15) is 10.4 Å². The molecule has 0 saturated carbocycles. The summed E-state index contributed by atoms with van der Waals surface area (Å²) < 4.78 is 1.58. The molecule has 1 aromatic heterocycles. The van der Waals surface area contributed by atoms with E-state index in [2.05, 4.69) is 10.4 Å². The molecule has 2 aromatic rings. The predicted molar refractivity (Wildman–Crippen MR) is 65.5 cm³/mol. The first-order chi connectivity index (χ1) is 8.69. The summed E-state index contributed by atoms with van der Waals surface area (Å²) in [5, 5.41) is 15.4. The van der Waals surface area contributed by atoms with E-state index >= 15 is 0 Å². The van der Waals surface area contributed by atoms with Crippen LogP contribution in [0.5, 0.6) is 0 Å². The van der Waals surface area contributed by atoms with Crippen LogP contribution in [0.2, 0.25) is 0 Å². The lowest BCUT2D eigenvalue weighted by molar-refractivity contribution is 0.0951. The van der Waals surface area contributed by atoms with Crippen molar-refractivity contribution in [3.05, 3.63) is 53.3 Å². The summed E-state index contributed by atoms with van der Waals surface area (Å²) in [6.07, 6.45) is 3.18. The maximum atomic E-state index is 11.7. The number of carbonyl (C=O) groups excluding carboxylic acids is 1. The number of nitriles is 1. The molecule has 0 atom stereocenters. The van der Waals surface area contributed by atoms with Crippen molar-refractivity contribution >= 4 is 5.91 Å². The molecule has 0 saturated heterocycles. The molecule has 0 aliphatic rings. The molecular weight excluding hydrogens is 228 g/mol. The molecular formula is C13H12N4O. The van der Waals surface area contributed by atoms with Crippen molar-refractivity contribution in [2.75, 3.05) is 0 Å². The van der Waals surface area contributed by atoms with Crippen molar-refractivity contribution in [2.45, 2.75) is 6.54 Å². The molecule has 1 aromatic carbocycles. The fourth-order valence-corrected chi connectivity index (χ4v) is 1.52. The Balaban J connectivity index is 1.95. The van der Waals surface area contributed by atoms with Crippen molar-refractivity contribution in [3.8, 4) is 6.07 Å². The summed E-state index contributed by atoms with van der Waals surface area (Å²) in [5.74, 6) is -0.160. The Morgan fingerprint density at radius 2 is 2.17 bits per heavy atom. The van der Waals surface area contributed by atoms with Gasteiger partial charge in [-0.25, -0.2) is 0 Å². The number of hydrogen-bond acceptors (Lipinski definition) is 3. The molecule has 5 heteroatoms. The maximum absolute atomic E-state index is 11.7. The van der Waals surface area contributed by atoms with E-state index in [-0.39, 0.29) is 5.91 Å². The van der Waals surface area contributed by atoms with Crippen LogP contribution >= 0.6 is 0 Å². The molecule has 1 N–H and O–H groups in total. The predicted octanol–water partition coefficient (Wildman–Crippen LogP) is 1.22. The lowest BCUT2D eigenvalue weighted by atomic mass is 10.1. The highest BCUT2D eigenvalue weighted by molar-refractivity contribution is 5.93. The average Bonchev–Trinajstić information content (AvgIpc) is 2.83. The lowest BCUT2D eigenvalue weighted by Gasteiger charge is -2.03. The van der Waals surface area contributed by atoms with Gasteiger partial charge < -0.3 is 5.32 Å².